The summed E-state index contributed by atoms with van der Waals surface area (Å²) in [6.07, 6.45) is 71.6. The smallest absolute Gasteiger partial charge is 0.462 e. The molecule has 3 N–H and O–H groups in total. The van der Waals surface area contributed by atoms with E-state index in [4.69, 9.17) is 37.0 Å². The lowest BCUT2D eigenvalue weighted by Crippen LogP contribution is -2.30. The van der Waals surface area contributed by atoms with Gasteiger partial charge in [-0.15, -0.1) is 0 Å². The Morgan fingerprint density at radius 1 is 0.301 bits per heavy atom. The van der Waals surface area contributed by atoms with Crippen molar-refractivity contribution in [1.82, 2.24) is 0 Å². The molecule has 19 heteroatoms. The van der Waals surface area contributed by atoms with Crippen molar-refractivity contribution in [3.63, 3.8) is 0 Å². The summed E-state index contributed by atoms with van der Waals surface area (Å²) in [6.45, 7) is 7.26. The molecule has 608 valence electrons. The Morgan fingerprint density at radius 3 is 0.796 bits per heavy atom. The summed E-state index contributed by atoms with van der Waals surface area (Å²) in [5, 5.41) is 10.7. The molecule has 0 rings (SSSR count). The highest BCUT2D eigenvalue weighted by Gasteiger charge is 2.30. The van der Waals surface area contributed by atoms with Gasteiger partial charge in [0.25, 0.3) is 0 Å². The second-order valence-electron chi connectivity index (χ2n) is 30.0. The average molecular weight is 1500 g/mol. The standard InChI is InChI=1S/C84H160O17P2/c1-6-9-12-15-18-21-24-27-30-32-33-34-35-38-41-44-49-55-60-65-70-84(89)100-79(73-94-81(86)67-62-57-52-47-42-39-37-31-28-25-22-19-16-13-10-7-2)75-98-102(90,91)96-71-78(85)72-97-103(92,93)99-76-80(74-95-82(87)68-63-58-53-50-45-46-51-56-61-66-77(4)5)101-83(88)69-64-59-54-48-43-40-36-29-26-23-20-17-14-11-8-3/h23,26,29,36,77-80,85H,6-22,24-25,27-28,30-35,37-76H2,1-5H3,(H,90,91)(H,92,93)/b26-23-,36-29-/t78-,79-,80-/m1/s1. The lowest BCUT2D eigenvalue weighted by Gasteiger charge is -2.21. The highest BCUT2D eigenvalue weighted by Crippen LogP contribution is 2.45. The minimum absolute atomic E-state index is 0.0851. The first-order valence-corrected chi connectivity index (χ1v) is 45.9. The van der Waals surface area contributed by atoms with Crippen LogP contribution in [0.4, 0.5) is 0 Å². The maximum Gasteiger partial charge on any atom is 0.472 e. The normalized spacial score (nSPS) is 14.0. The molecule has 0 bridgehead atoms. The summed E-state index contributed by atoms with van der Waals surface area (Å²) in [7, 11) is -9.94. The van der Waals surface area contributed by atoms with E-state index in [9.17, 15) is 43.2 Å². The summed E-state index contributed by atoms with van der Waals surface area (Å²) in [6, 6.07) is 0. The second kappa shape index (κ2) is 76.3. The van der Waals surface area contributed by atoms with Crippen molar-refractivity contribution < 1.29 is 80.2 Å². The Bertz CT molecular complexity index is 2060. The average Bonchev–Trinajstić information content (AvgIpc) is 0.939. The number of aliphatic hydroxyl groups is 1. The Kier molecular flexibility index (Phi) is 74.5. The third kappa shape index (κ3) is 77.5. The Morgan fingerprint density at radius 2 is 0.524 bits per heavy atom. The first-order valence-electron chi connectivity index (χ1n) is 43.0. The molecule has 0 saturated heterocycles. The van der Waals surface area contributed by atoms with Crippen LogP contribution in [0.2, 0.25) is 0 Å². The van der Waals surface area contributed by atoms with Crippen LogP contribution in [-0.2, 0) is 65.4 Å². The highest BCUT2D eigenvalue weighted by atomic mass is 31.2. The van der Waals surface area contributed by atoms with Gasteiger partial charge in [-0.2, -0.15) is 0 Å². The predicted molar refractivity (Wildman–Crippen MR) is 423 cm³/mol. The molecule has 0 heterocycles. The van der Waals surface area contributed by atoms with E-state index in [1.807, 2.05) is 0 Å². The van der Waals surface area contributed by atoms with E-state index in [2.05, 4.69) is 58.9 Å². The molecule has 0 aliphatic carbocycles. The van der Waals surface area contributed by atoms with E-state index in [1.54, 1.807) is 0 Å². The van der Waals surface area contributed by atoms with Gasteiger partial charge in [-0.25, -0.2) is 9.13 Å². The van der Waals surface area contributed by atoms with Crippen LogP contribution in [0.25, 0.3) is 0 Å². The van der Waals surface area contributed by atoms with Crippen LogP contribution in [0.15, 0.2) is 24.3 Å². The fraction of sp³-hybridized carbons (Fsp3) is 0.905. The number of aliphatic hydroxyl groups excluding tert-OH is 1. The van der Waals surface area contributed by atoms with Crippen LogP contribution in [0.5, 0.6) is 0 Å². The van der Waals surface area contributed by atoms with E-state index in [1.165, 1.54) is 238 Å². The van der Waals surface area contributed by atoms with E-state index in [0.29, 0.717) is 25.7 Å². The molecule has 0 amide bonds. The van der Waals surface area contributed by atoms with Gasteiger partial charge in [0.1, 0.15) is 19.3 Å². The van der Waals surface area contributed by atoms with E-state index < -0.39 is 97.5 Å². The molecule has 0 aliphatic rings. The molecule has 2 unspecified atom stereocenters. The quantitative estimate of drug-likeness (QED) is 0.0169. The zero-order valence-electron chi connectivity index (χ0n) is 66.9. The summed E-state index contributed by atoms with van der Waals surface area (Å²) in [4.78, 5) is 73.1. The molecular formula is C84H160O17P2. The minimum Gasteiger partial charge on any atom is -0.462 e. The zero-order chi connectivity index (χ0) is 75.5. The van der Waals surface area contributed by atoms with Gasteiger partial charge in [0.2, 0.25) is 0 Å². The summed E-state index contributed by atoms with van der Waals surface area (Å²) in [5.41, 5.74) is 0. The molecule has 17 nitrogen and oxygen atoms in total. The monoisotopic (exact) mass is 1500 g/mol. The minimum atomic E-state index is -4.97. The number of phosphoric ester groups is 2. The van der Waals surface area contributed by atoms with E-state index in [-0.39, 0.29) is 25.7 Å². The summed E-state index contributed by atoms with van der Waals surface area (Å²) >= 11 is 0. The molecule has 0 aromatic carbocycles. The van der Waals surface area contributed by atoms with Gasteiger partial charge in [-0.05, 0) is 57.3 Å². The van der Waals surface area contributed by atoms with Crippen LogP contribution in [0.1, 0.15) is 426 Å². The molecule has 0 aromatic heterocycles. The first-order chi connectivity index (χ1) is 50.0. The molecule has 0 radical (unpaired) electrons. The van der Waals surface area contributed by atoms with Gasteiger partial charge >= 0.3 is 39.5 Å². The van der Waals surface area contributed by atoms with E-state index in [0.717, 1.165) is 109 Å². The number of esters is 4. The molecule has 0 aromatic rings. The van der Waals surface area contributed by atoms with Crippen molar-refractivity contribution >= 4 is 39.5 Å². The largest absolute Gasteiger partial charge is 0.472 e. The third-order valence-electron chi connectivity index (χ3n) is 19.2. The molecule has 0 spiro atoms. The number of carbonyl (C=O) groups excluding carboxylic acids is 4. The van der Waals surface area contributed by atoms with Gasteiger partial charge in [0, 0.05) is 25.7 Å². The molecule has 0 fully saturated rings. The fourth-order valence-electron chi connectivity index (χ4n) is 12.6. The zero-order valence-corrected chi connectivity index (χ0v) is 68.7. The molecular weight excluding hydrogens is 1340 g/mol. The van der Waals surface area contributed by atoms with Gasteiger partial charge in [-0.3, -0.25) is 37.3 Å². The summed E-state index contributed by atoms with van der Waals surface area (Å²) < 4.78 is 68.8. The van der Waals surface area contributed by atoms with Crippen LogP contribution < -0.4 is 0 Å². The van der Waals surface area contributed by atoms with E-state index >= 15 is 0 Å². The Balaban J connectivity index is 5.28. The molecule has 0 aliphatic heterocycles. The van der Waals surface area contributed by atoms with Crippen LogP contribution in [0.3, 0.4) is 0 Å². The Labute approximate surface area is 631 Å². The van der Waals surface area contributed by atoms with Crippen molar-refractivity contribution in [3.8, 4) is 0 Å². The second-order valence-corrected chi connectivity index (χ2v) is 32.9. The van der Waals surface area contributed by atoms with Crippen molar-refractivity contribution in [2.45, 2.75) is 445 Å². The van der Waals surface area contributed by atoms with Crippen molar-refractivity contribution in [3.05, 3.63) is 24.3 Å². The number of unbranched alkanes of at least 4 members (excludes halogenated alkanes) is 51. The van der Waals surface area contributed by atoms with Crippen LogP contribution >= 0.6 is 15.6 Å². The Hall–Kier alpha value is -2.46. The van der Waals surface area contributed by atoms with Crippen LogP contribution in [-0.4, -0.2) is 96.7 Å². The van der Waals surface area contributed by atoms with Gasteiger partial charge in [-0.1, -0.05) is 374 Å². The highest BCUT2D eigenvalue weighted by molar-refractivity contribution is 7.47. The summed E-state index contributed by atoms with van der Waals surface area (Å²) in [5.74, 6) is -1.39. The fourth-order valence-corrected chi connectivity index (χ4v) is 14.2. The lowest BCUT2D eigenvalue weighted by molar-refractivity contribution is -0.161. The van der Waals surface area contributed by atoms with Crippen molar-refractivity contribution in [2.75, 3.05) is 39.6 Å². The maximum absolute atomic E-state index is 13.1. The van der Waals surface area contributed by atoms with Gasteiger partial charge in [0.15, 0.2) is 12.2 Å². The van der Waals surface area contributed by atoms with Crippen molar-refractivity contribution in [1.29, 1.82) is 0 Å². The number of allylic oxidation sites excluding steroid dienone is 4. The lowest BCUT2D eigenvalue weighted by atomic mass is 10.0. The first kappa shape index (κ1) is 101. The molecule has 103 heavy (non-hydrogen) atoms. The number of ether oxygens (including phenoxy) is 4. The van der Waals surface area contributed by atoms with Crippen LogP contribution in [0, 0.1) is 5.92 Å². The number of phosphoric acid groups is 2. The van der Waals surface area contributed by atoms with Crippen molar-refractivity contribution in [2.24, 2.45) is 5.92 Å². The predicted octanol–water partition coefficient (Wildman–Crippen LogP) is 25.1. The maximum atomic E-state index is 13.1. The third-order valence-corrected chi connectivity index (χ3v) is 21.1. The number of hydrogen-bond acceptors (Lipinski definition) is 15. The molecule has 5 atom stereocenters. The van der Waals surface area contributed by atoms with Gasteiger partial charge in [0.05, 0.1) is 26.4 Å². The SMILES string of the molecule is CCCCCC/C=C\C=C/CCCCCCCC(=O)O[C@H](COC(=O)CCCCCCCCCCCC(C)C)COP(=O)(O)OC[C@H](O)COP(=O)(O)OC[C@@H](COC(=O)CCCCCCCCCCCCCCCCCC)OC(=O)CCCCCCCCCCCCCCCCCCCCCC. The number of carbonyl (C=O) groups is 4. The topological polar surface area (TPSA) is 237 Å². The van der Waals surface area contributed by atoms with Gasteiger partial charge < -0.3 is 33.8 Å². The number of hydrogen-bond donors (Lipinski definition) is 3. The molecule has 0 saturated carbocycles. The number of rotatable bonds is 82.